The van der Waals surface area contributed by atoms with Crippen LogP contribution in [0.1, 0.15) is 30.8 Å². The molecule has 4 nitrogen and oxygen atoms in total. The third-order valence-corrected chi connectivity index (χ3v) is 3.64. The number of aryl methyl sites for hydroxylation is 1. The summed E-state index contributed by atoms with van der Waals surface area (Å²) in [5.41, 5.74) is 1.29. The fourth-order valence-corrected chi connectivity index (χ4v) is 2.67. The number of thioether (sulfide) groups is 1. The standard InChI is InChI=1S/C14H19N3OS/c1-3-9-15-13(12-7-5-4-6-8-12)10-19-14-17-16-11(2)18-14/h4-8,13,15H,3,9-10H2,1-2H3. The molecule has 0 bridgehead atoms. The van der Waals surface area contributed by atoms with E-state index in [9.17, 15) is 0 Å². The normalized spacial score (nSPS) is 12.5. The van der Waals surface area contributed by atoms with E-state index in [4.69, 9.17) is 4.42 Å². The maximum absolute atomic E-state index is 5.39. The lowest BCUT2D eigenvalue weighted by atomic mass is 10.1. The van der Waals surface area contributed by atoms with Crippen LogP contribution in [0.2, 0.25) is 0 Å². The summed E-state index contributed by atoms with van der Waals surface area (Å²) in [5, 5.41) is 12.0. The molecule has 0 aliphatic carbocycles. The molecule has 0 fully saturated rings. The van der Waals surface area contributed by atoms with E-state index in [1.54, 1.807) is 18.7 Å². The summed E-state index contributed by atoms with van der Waals surface area (Å²) >= 11 is 1.59. The largest absolute Gasteiger partial charge is 0.416 e. The van der Waals surface area contributed by atoms with Crippen molar-refractivity contribution < 1.29 is 4.42 Å². The van der Waals surface area contributed by atoms with Crippen molar-refractivity contribution in [2.75, 3.05) is 12.3 Å². The highest BCUT2D eigenvalue weighted by atomic mass is 32.2. The van der Waals surface area contributed by atoms with Gasteiger partial charge in [-0.3, -0.25) is 0 Å². The van der Waals surface area contributed by atoms with Crippen LogP contribution in [0.4, 0.5) is 0 Å². The highest BCUT2D eigenvalue weighted by molar-refractivity contribution is 7.99. The van der Waals surface area contributed by atoms with E-state index in [1.807, 2.05) is 6.07 Å². The lowest BCUT2D eigenvalue weighted by molar-refractivity contribution is 0.428. The molecule has 1 unspecified atom stereocenters. The van der Waals surface area contributed by atoms with Gasteiger partial charge in [0.25, 0.3) is 5.22 Å². The average Bonchev–Trinajstić information content (AvgIpc) is 2.86. The van der Waals surface area contributed by atoms with Gasteiger partial charge in [-0.15, -0.1) is 10.2 Å². The first-order chi connectivity index (χ1) is 9.29. The van der Waals surface area contributed by atoms with Crippen LogP contribution in [0, 0.1) is 6.92 Å². The van der Waals surface area contributed by atoms with Crippen LogP contribution in [0.15, 0.2) is 40.0 Å². The average molecular weight is 277 g/mol. The van der Waals surface area contributed by atoms with Crippen LogP contribution >= 0.6 is 11.8 Å². The molecular weight excluding hydrogens is 258 g/mol. The fraction of sp³-hybridized carbons (Fsp3) is 0.429. The SMILES string of the molecule is CCCNC(CSc1nnc(C)o1)c1ccccc1. The second-order valence-corrected chi connectivity index (χ2v) is 5.29. The molecule has 1 aromatic heterocycles. The zero-order valence-corrected chi connectivity index (χ0v) is 12.1. The summed E-state index contributed by atoms with van der Waals surface area (Å²) in [6.45, 7) is 4.98. The first kappa shape index (κ1) is 14.1. The number of nitrogens with zero attached hydrogens (tertiary/aromatic N) is 2. The summed E-state index contributed by atoms with van der Waals surface area (Å²) in [6, 6.07) is 10.8. The molecule has 2 aromatic rings. The monoisotopic (exact) mass is 277 g/mol. The molecule has 102 valence electrons. The van der Waals surface area contributed by atoms with Crippen molar-refractivity contribution in [1.29, 1.82) is 0 Å². The molecule has 1 aromatic carbocycles. The van der Waals surface area contributed by atoms with Gasteiger partial charge < -0.3 is 9.73 Å². The maximum atomic E-state index is 5.39. The second-order valence-electron chi connectivity index (χ2n) is 4.32. The van der Waals surface area contributed by atoms with Crippen LogP contribution in [0.25, 0.3) is 0 Å². The molecule has 0 aliphatic rings. The Morgan fingerprint density at radius 2 is 2.05 bits per heavy atom. The molecule has 0 saturated heterocycles. The van der Waals surface area contributed by atoms with Gasteiger partial charge in [-0.2, -0.15) is 0 Å². The Labute approximate surface area is 118 Å². The first-order valence-corrected chi connectivity index (χ1v) is 7.49. The Morgan fingerprint density at radius 3 is 2.68 bits per heavy atom. The van der Waals surface area contributed by atoms with Crippen LogP contribution in [-0.2, 0) is 0 Å². The number of hydrogen-bond donors (Lipinski definition) is 1. The van der Waals surface area contributed by atoms with Gasteiger partial charge >= 0.3 is 0 Å². The lowest BCUT2D eigenvalue weighted by Gasteiger charge is -2.17. The topological polar surface area (TPSA) is 51.0 Å². The van der Waals surface area contributed by atoms with E-state index in [-0.39, 0.29) is 0 Å². The van der Waals surface area contributed by atoms with Crippen molar-refractivity contribution in [3.63, 3.8) is 0 Å². The van der Waals surface area contributed by atoms with Gasteiger partial charge in [0.1, 0.15) is 0 Å². The Kier molecular flexibility index (Phi) is 5.42. The van der Waals surface area contributed by atoms with Crippen LogP contribution in [0.3, 0.4) is 0 Å². The molecule has 1 atom stereocenters. The number of aromatic nitrogens is 2. The summed E-state index contributed by atoms with van der Waals surface area (Å²) < 4.78 is 5.39. The molecule has 0 aliphatic heterocycles. The third kappa shape index (κ3) is 4.36. The van der Waals surface area contributed by atoms with Gasteiger partial charge in [0.15, 0.2) is 0 Å². The Morgan fingerprint density at radius 1 is 1.26 bits per heavy atom. The van der Waals surface area contributed by atoms with Crippen molar-refractivity contribution in [3.05, 3.63) is 41.8 Å². The minimum absolute atomic E-state index is 0.304. The quantitative estimate of drug-likeness (QED) is 0.788. The van der Waals surface area contributed by atoms with Crippen molar-refractivity contribution in [2.24, 2.45) is 0 Å². The summed E-state index contributed by atoms with van der Waals surface area (Å²) in [5.74, 6) is 1.49. The zero-order valence-electron chi connectivity index (χ0n) is 11.3. The molecule has 0 amide bonds. The zero-order chi connectivity index (χ0) is 13.5. The van der Waals surface area contributed by atoms with E-state index in [0.29, 0.717) is 17.2 Å². The number of benzene rings is 1. The van der Waals surface area contributed by atoms with E-state index in [2.05, 4.69) is 46.7 Å². The highest BCUT2D eigenvalue weighted by Gasteiger charge is 2.13. The predicted molar refractivity (Wildman–Crippen MR) is 77.2 cm³/mol. The third-order valence-electron chi connectivity index (χ3n) is 2.72. The van der Waals surface area contributed by atoms with Gasteiger partial charge in [-0.05, 0) is 18.5 Å². The van der Waals surface area contributed by atoms with Gasteiger partial charge in [-0.25, -0.2) is 0 Å². The van der Waals surface area contributed by atoms with Crippen molar-refractivity contribution in [2.45, 2.75) is 31.5 Å². The number of rotatable bonds is 7. The molecular formula is C14H19N3OS. The minimum Gasteiger partial charge on any atom is -0.416 e. The molecule has 1 heterocycles. The van der Waals surface area contributed by atoms with E-state index in [0.717, 1.165) is 18.7 Å². The summed E-state index contributed by atoms with van der Waals surface area (Å²) in [6.07, 6.45) is 1.12. The molecule has 19 heavy (non-hydrogen) atoms. The van der Waals surface area contributed by atoms with Crippen molar-refractivity contribution in [1.82, 2.24) is 15.5 Å². The molecule has 2 rings (SSSR count). The number of nitrogens with one attached hydrogen (secondary N) is 1. The van der Waals surface area contributed by atoms with Gasteiger partial charge in [0.05, 0.1) is 0 Å². The molecule has 1 N–H and O–H groups in total. The minimum atomic E-state index is 0.304. The van der Waals surface area contributed by atoms with Gasteiger partial charge in [-0.1, -0.05) is 49.0 Å². The fourth-order valence-electron chi connectivity index (χ4n) is 1.77. The van der Waals surface area contributed by atoms with Crippen LogP contribution in [0.5, 0.6) is 0 Å². The second kappa shape index (κ2) is 7.31. The Hall–Kier alpha value is -1.33. The van der Waals surface area contributed by atoms with E-state index < -0.39 is 0 Å². The Bertz CT molecular complexity index is 486. The summed E-state index contributed by atoms with van der Waals surface area (Å²) in [7, 11) is 0. The lowest BCUT2D eigenvalue weighted by Crippen LogP contribution is -2.24. The van der Waals surface area contributed by atoms with Crippen molar-refractivity contribution in [3.8, 4) is 0 Å². The van der Waals surface area contributed by atoms with Crippen LogP contribution in [-0.4, -0.2) is 22.5 Å². The van der Waals surface area contributed by atoms with Crippen molar-refractivity contribution >= 4 is 11.8 Å². The maximum Gasteiger partial charge on any atom is 0.276 e. The molecule has 5 heteroatoms. The first-order valence-electron chi connectivity index (χ1n) is 6.51. The van der Waals surface area contributed by atoms with E-state index >= 15 is 0 Å². The number of hydrogen-bond acceptors (Lipinski definition) is 5. The van der Waals surface area contributed by atoms with Crippen LogP contribution < -0.4 is 5.32 Å². The summed E-state index contributed by atoms with van der Waals surface area (Å²) in [4.78, 5) is 0. The van der Waals surface area contributed by atoms with E-state index in [1.165, 1.54) is 5.56 Å². The smallest absolute Gasteiger partial charge is 0.276 e. The van der Waals surface area contributed by atoms with Gasteiger partial charge in [0, 0.05) is 18.7 Å². The Balaban J connectivity index is 1.97. The predicted octanol–water partition coefficient (Wildman–Crippen LogP) is 3.21. The molecule has 0 saturated carbocycles. The highest BCUT2D eigenvalue weighted by Crippen LogP contribution is 2.23. The molecule has 0 radical (unpaired) electrons. The molecule has 0 spiro atoms. The van der Waals surface area contributed by atoms with Gasteiger partial charge in [0.2, 0.25) is 5.89 Å².